The lowest BCUT2D eigenvalue weighted by atomic mass is 9.87. The molecular formula is C15H23F2N. The molecule has 1 rings (SSSR count). The Bertz CT molecular complexity index is 408. The predicted molar refractivity (Wildman–Crippen MR) is 71.6 cm³/mol. The molecule has 0 aromatic heterocycles. The molecule has 0 heterocycles. The summed E-state index contributed by atoms with van der Waals surface area (Å²) < 4.78 is 27.4. The zero-order valence-electron chi connectivity index (χ0n) is 11.9. The van der Waals surface area contributed by atoms with Crippen LogP contribution in [-0.4, -0.2) is 7.05 Å². The van der Waals surface area contributed by atoms with Crippen molar-refractivity contribution in [3.8, 4) is 0 Å². The van der Waals surface area contributed by atoms with Gasteiger partial charge in [0.1, 0.15) is 11.6 Å². The Kier molecular flexibility index (Phi) is 4.85. The van der Waals surface area contributed by atoms with Crippen LogP contribution < -0.4 is 5.32 Å². The molecule has 0 aliphatic heterocycles. The van der Waals surface area contributed by atoms with Crippen molar-refractivity contribution in [3.63, 3.8) is 0 Å². The van der Waals surface area contributed by atoms with Gasteiger partial charge in [0.25, 0.3) is 0 Å². The van der Waals surface area contributed by atoms with Crippen LogP contribution in [0.4, 0.5) is 8.78 Å². The van der Waals surface area contributed by atoms with E-state index in [2.05, 4.69) is 26.1 Å². The second-order valence-corrected chi connectivity index (χ2v) is 6.06. The summed E-state index contributed by atoms with van der Waals surface area (Å²) in [5, 5.41) is 3.07. The van der Waals surface area contributed by atoms with Crippen molar-refractivity contribution in [2.24, 2.45) is 5.41 Å². The van der Waals surface area contributed by atoms with Crippen molar-refractivity contribution in [2.45, 2.75) is 46.6 Å². The molecule has 1 nitrogen and oxygen atoms in total. The van der Waals surface area contributed by atoms with Gasteiger partial charge in [0, 0.05) is 11.6 Å². The number of benzene rings is 1. The minimum atomic E-state index is -0.345. The summed E-state index contributed by atoms with van der Waals surface area (Å²) in [6, 6.07) is 2.44. The maximum atomic E-state index is 13.9. The maximum Gasteiger partial charge on any atom is 0.128 e. The summed E-state index contributed by atoms with van der Waals surface area (Å²) in [7, 11) is 1.78. The van der Waals surface area contributed by atoms with Gasteiger partial charge in [-0.2, -0.15) is 0 Å². The van der Waals surface area contributed by atoms with Gasteiger partial charge in [-0.1, -0.05) is 20.8 Å². The maximum absolute atomic E-state index is 13.9. The van der Waals surface area contributed by atoms with Gasteiger partial charge in [0.05, 0.1) is 0 Å². The largest absolute Gasteiger partial charge is 0.313 e. The lowest BCUT2D eigenvalue weighted by molar-refractivity contribution is 0.334. The molecule has 0 saturated heterocycles. The third kappa shape index (κ3) is 4.05. The van der Waals surface area contributed by atoms with E-state index in [4.69, 9.17) is 0 Å². The van der Waals surface area contributed by atoms with Crippen LogP contribution in [0.5, 0.6) is 0 Å². The molecule has 0 spiro atoms. The van der Waals surface area contributed by atoms with E-state index in [1.807, 2.05) is 0 Å². The van der Waals surface area contributed by atoms with Gasteiger partial charge < -0.3 is 5.32 Å². The summed E-state index contributed by atoms with van der Waals surface area (Å²) in [5.41, 5.74) is 0.959. The highest BCUT2D eigenvalue weighted by atomic mass is 19.1. The smallest absolute Gasteiger partial charge is 0.128 e. The van der Waals surface area contributed by atoms with E-state index in [1.165, 1.54) is 12.1 Å². The highest BCUT2D eigenvalue weighted by Gasteiger charge is 2.19. The molecule has 102 valence electrons. The van der Waals surface area contributed by atoms with E-state index in [-0.39, 0.29) is 23.1 Å². The molecular weight excluding hydrogens is 232 g/mol. The second-order valence-electron chi connectivity index (χ2n) is 6.06. The number of nitrogens with one attached hydrogen (secondary N) is 1. The van der Waals surface area contributed by atoms with E-state index >= 15 is 0 Å². The average Bonchev–Trinajstić information content (AvgIpc) is 2.24. The highest BCUT2D eigenvalue weighted by molar-refractivity contribution is 5.27. The Hall–Kier alpha value is -0.960. The van der Waals surface area contributed by atoms with Gasteiger partial charge >= 0.3 is 0 Å². The molecule has 0 aliphatic carbocycles. The quantitative estimate of drug-likeness (QED) is 0.843. The fraction of sp³-hybridized carbons (Fsp3) is 0.600. The van der Waals surface area contributed by atoms with Crippen molar-refractivity contribution in [1.82, 2.24) is 5.32 Å². The summed E-state index contributed by atoms with van der Waals surface area (Å²) in [5.74, 6) is -0.676. The zero-order valence-corrected chi connectivity index (χ0v) is 11.9. The van der Waals surface area contributed by atoms with Crippen LogP contribution in [0, 0.1) is 24.0 Å². The lowest BCUT2D eigenvalue weighted by Crippen LogP contribution is -2.20. The van der Waals surface area contributed by atoms with Crippen LogP contribution in [0.2, 0.25) is 0 Å². The minimum absolute atomic E-state index is 0.140. The van der Waals surface area contributed by atoms with Crippen molar-refractivity contribution < 1.29 is 8.78 Å². The highest BCUT2D eigenvalue weighted by Crippen LogP contribution is 2.29. The summed E-state index contributed by atoms with van der Waals surface area (Å²) in [6.07, 6.45) is 1.74. The Morgan fingerprint density at radius 2 is 1.78 bits per heavy atom. The van der Waals surface area contributed by atoms with E-state index in [1.54, 1.807) is 14.0 Å². The normalized spacial score (nSPS) is 13.7. The molecule has 1 atom stereocenters. The van der Waals surface area contributed by atoms with Gasteiger partial charge in [0.2, 0.25) is 0 Å². The van der Waals surface area contributed by atoms with Crippen LogP contribution >= 0.6 is 0 Å². The van der Waals surface area contributed by atoms with Gasteiger partial charge in [-0.15, -0.1) is 0 Å². The number of aryl methyl sites for hydroxylation is 1. The molecule has 0 aliphatic rings. The molecule has 0 fully saturated rings. The summed E-state index contributed by atoms with van der Waals surface area (Å²) >= 11 is 0. The topological polar surface area (TPSA) is 12.0 Å². The van der Waals surface area contributed by atoms with Crippen molar-refractivity contribution in [1.29, 1.82) is 0 Å². The Morgan fingerprint density at radius 3 is 2.28 bits per heavy atom. The molecule has 1 aromatic carbocycles. The van der Waals surface area contributed by atoms with E-state index in [0.717, 1.165) is 12.8 Å². The third-order valence-corrected chi connectivity index (χ3v) is 3.18. The predicted octanol–water partition coefficient (Wildman–Crippen LogP) is 4.36. The standard InChI is InChI=1S/C15H23F2N/c1-10-8-13(17)11(9-12(10)16)14(18-5)6-7-15(2,3)4/h8-9,14,18H,6-7H2,1-5H3. The van der Waals surface area contributed by atoms with Crippen LogP contribution in [0.1, 0.15) is 50.8 Å². The zero-order chi connectivity index (χ0) is 13.9. The van der Waals surface area contributed by atoms with E-state index < -0.39 is 0 Å². The first-order valence-corrected chi connectivity index (χ1v) is 6.37. The number of hydrogen-bond donors (Lipinski definition) is 1. The molecule has 3 heteroatoms. The number of hydrogen-bond acceptors (Lipinski definition) is 1. The Labute approximate surface area is 109 Å². The molecule has 0 bridgehead atoms. The van der Waals surface area contributed by atoms with Crippen LogP contribution in [0.15, 0.2) is 12.1 Å². The molecule has 1 N–H and O–H groups in total. The van der Waals surface area contributed by atoms with E-state index in [9.17, 15) is 8.78 Å². The molecule has 0 amide bonds. The molecule has 1 unspecified atom stereocenters. The average molecular weight is 255 g/mol. The van der Waals surface area contributed by atoms with Gasteiger partial charge in [-0.3, -0.25) is 0 Å². The molecule has 0 saturated carbocycles. The van der Waals surface area contributed by atoms with Crippen molar-refractivity contribution in [3.05, 3.63) is 34.9 Å². The first kappa shape index (κ1) is 15.1. The third-order valence-electron chi connectivity index (χ3n) is 3.18. The SMILES string of the molecule is CNC(CCC(C)(C)C)c1cc(F)c(C)cc1F. The Morgan fingerprint density at radius 1 is 1.17 bits per heavy atom. The fourth-order valence-electron chi connectivity index (χ4n) is 1.96. The van der Waals surface area contributed by atoms with Gasteiger partial charge in [-0.25, -0.2) is 8.78 Å². The fourth-order valence-corrected chi connectivity index (χ4v) is 1.96. The van der Waals surface area contributed by atoms with E-state index in [0.29, 0.717) is 11.1 Å². The molecule has 0 radical (unpaired) electrons. The summed E-state index contributed by atoms with van der Waals surface area (Å²) in [4.78, 5) is 0. The first-order chi connectivity index (χ1) is 8.24. The van der Waals surface area contributed by atoms with Gasteiger partial charge in [0.15, 0.2) is 0 Å². The van der Waals surface area contributed by atoms with Crippen LogP contribution in [0.3, 0.4) is 0 Å². The first-order valence-electron chi connectivity index (χ1n) is 6.37. The van der Waals surface area contributed by atoms with Crippen LogP contribution in [0.25, 0.3) is 0 Å². The number of halogens is 2. The Balaban J connectivity index is 2.92. The van der Waals surface area contributed by atoms with Crippen LogP contribution in [-0.2, 0) is 0 Å². The second kappa shape index (κ2) is 5.79. The van der Waals surface area contributed by atoms with Crippen molar-refractivity contribution in [2.75, 3.05) is 7.05 Å². The monoisotopic (exact) mass is 255 g/mol. The molecule has 18 heavy (non-hydrogen) atoms. The lowest BCUT2D eigenvalue weighted by Gasteiger charge is -2.23. The minimum Gasteiger partial charge on any atom is -0.313 e. The molecule has 1 aromatic rings. The summed E-state index contributed by atoms with van der Waals surface area (Å²) in [6.45, 7) is 8.01. The van der Waals surface area contributed by atoms with Crippen molar-refractivity contribution >= 4 is 0 Å². The van der Waals surface area contributed by atoms with Gasteiger partial charge in [-0.05, 0) is 49.9 Å². The number of rotatable bonds is 4.